The zero-order valence-electron chi connectivity index (χ0n) is 9.29. The monoisotopic (exact) mass is 258 g/mol. The van der Waals surface area contributed by atoms with E-state index in [0.717, 1.165) is 0 Å². The van der Waals surface area contributed by atoms with Crippen molar-refractivity contribution in [3.63, 3.8) is 0 Å². The Balaban J connectivity index is 2.89. The number of carbonyl (C=O) groups is 1. The molecule has 0 saturated carbocycles. The molecule has 6 heteroatoms. The summed E-state index contributed by atoms with van der Waals surface area (Å²) in [6.07, 6.45) is -0.868. The Kier molecular flexibility index (Phi) is 5.27. The molecule has 5 nitrogen and oxygen atoms in total. The van der Waals surface area contributed by atoms with Crippen molar-refractivity contribution in [3.8, 4) is 5.75 Å². The SMILES string of the molecule is COc1ccc(C(=O)O)c(SCC(O)CO)c1. The van der Waals surface area contributed by atoms with E-state index in [4.69, 9.17) is 14.9 Å². The number of rotatable bonds is 6. The molecule has 1 aromatic carbocycles. The number of carboxylic acids is 1. The Labute approximate surface area is 103 Å². The maximum Gasteiger partial charge on any atom is 0.336 e. The van der Waals surface area contributed by atoms with Gasteiger partial charge in [0.05, 0.1) is 25.4 Å². The van der Waals surface area contributed by atoms with Crippen molar-refractivity contribution in [1.29, 1.82) is 0 Å². The van der Waals surface area contributed by atoms with Crippen molar-refractivity contribution in [2.45, 2.75) is 11.0 Å². The third-order valence-electron chi connectivity index (χ3n) is 2.06. The normalized spacial score (nSPS) is 12.2. The van der Waals surface area contributed by atoms with E-state index in [1.54, 1.807) is 12.1 Å². The van der Waals surface area contributed by atoms with Crippen LogP contribution < -0.4 is 4.74 Å². The Morgan fingerprint density at radius 3 is 2.76 bits per heavy atom. The Morgan fingerprint density at radius 2 is 2.24 bits per heavy atom. The number of thioether (sulfide) groups is 1. The lowest BCUT2D eigenvalue weighted by molar-refractivity contribution is 0.0693. The lowest BCUT2D eigenvalue weighted by atomic mass is 10.2. The third-order valence-corrected chi connectivity index (χ3v) is 3.26. The summed E-state index contributed by atoms with van der Waals surface area (Å²) in [6.45, 7) is -0.348. The second-order valence-electron chi connectivity index (χ2n) is 3.31. The number of carboxylic acid groups (broad SMARTS) is 1. The molecule has 1 aromatic rings. The Bertz CT molecular complexity index is 393. The van der Waals surface area contributed by atoms with E-state index in [2.05, 4.69) is 0 Å². The molecule has 1 atom stereocenters. The van der Waals surface area contributed by atoms with Crippen LogP contribution in [-0.2, 0) is 0 Å². The fraction of sp³-hybridized carbons (Fsp3) is 0.364. The van der Waals surface area contributed by atoms with E-state index >= 15 is 0 Å². The molecular formula is C11H14O5S. The van der Waals surface area contributed by atoms with Crippen LogP contribution in [0.2, 0.25) is 0 Å². The van der Waals surface area contributed by atoms with Gasteiger partial charge in [-0.05, 0) is 18.2 Å². The molecule has 0 aliphatic carbocycles. The predicted molar refractivity (Wildman–Crippen MR) is 63.8 cm³/mol. The Hall–Kier alpha value is -1.24. The van der Waals surface area contributed by atoms with Gasteiger partial charge in [-0.25, -0.2) is 4.79 Å². The zero-order chi connectivity index (χ0) is 12.8. The summed E-state index contributed by atoms with van der Waals surface area (Å²) < 4.78 is 5.00. The minimum Gasteiger partial charge on any atom is -0.497 e. The second-order valence-corrected chi connectivity index (χ2v) is 4.38. The molecule has 3 N–H and O–H groups in total. The molecule has 0 aliphatic heterocycles. The largest absolute Gasteiger partial charge is 0.497 e. The van der Waals surface area contributed by atoms with E-state index in [9.17, 15) is 9.90 Å². The molecule has 1 unspecified atom stereocenters. The number of hydrogen-bond acceptors (Lipinski definition) is 5. The Morgan fingerprint density at radius 1 is 1.53 bits per heavy atom. The number of ether oxygens (including phenoxy) is 1. The van der Waals surface area contributed by atoms with Crippen molar-refractivity contribution in [2.24, 2.45) is 0 Å². The van der Waals surface area contributed by atoms with Crippen molar-refractivity contribution >= 4 is 17.7 Å². The van der Waals surface area contributed by atoms with Crippen LogP contribution in [0.1, 0.15) is 10.4 Å². The molecule has 17 heavy (non-hydrogen) atoms. The zero-order valence-corrected chi connectivity index (χ0v) is 10.1. The first-order chi connectivity index (χ1) is 8.08. The lowest BCUT2D eigenvalue weighted by Crippen LogP contribution is -2.15. The summed E-state index contributed by atoms with van der Waals surface area (Å²) in [6, 6.07) is 4.61. The highest BCUT2D eigenvalue weighted by Gasteiger charge is 2.13. The van der Waals surface area contributed by atoms with Crippen molar-refractivity contribution in [2.75, 3.05) is 19.5 Å². The van der Waals surface area contributed by atoms with Crippen LogP contribution in [0.5, 0.6) is 5.75 Å². The van der Waals surface area contributed by atoms with Crippen LogP contribution in [0.25, 0.3) is 0 Å². The molecule has 0 radical (unpaired) electrons. The number of benzene rings is 1. The van der Waals surface area contributed by atoms with Gasteiger partial charge in [0.25, 0.3) is 0 Å². The molecule has 0 heterocycles. The summed E-state index contributed by atoms with van der Waals surface area (Å²) >= 11 is 1.17. The van der Waals surface area contributed by atoms with Crippen LogP contribution in [0.4, 0.5) is 0 Å². The van der Waals surface area contributed by atoms with Gasteiger partial charge in [0.15, 0.2) is 0 Å². The second kappa shape index (κ2) is 6.48. The lowest BCUT2D eigenvalue weighted by Gasteiger charge is -2.10. The fourth-order valence-electron chi connectivity index (χ4n) is 1.16. The maximum atomic E-state index is 11.0. The number of aromatic carboxylic acids is 1. The molecule has 0 amide bonds. The van der Waals surface area contributed by atoms with Gasteiger partial charge in [-0.15, -0.1) is 11.8 Å². The minimum absolute atomic E-state index is 0.154. The summed E-state index contributed by atoms with van der Waals surface area (Å²) in [7, 11) is 1.49. The smallest absolute Gasteiger partial charge is 0.336 e. The summed E-state index contributed by atoms with van der Waals surface area (Å²) in [5.41, 5.74) is 0.154. The van der Waals surface area contributed by atoms with Gasteiger partial charge in [-0.3, -0.25) is 0 Å². The molecule has 0 spiro atoms. The van der Waals surface area contributed by atoms with Crippen LogP contribution >= 0.6 is 11.8 Å². The van der Waals surface area contributed by atoms with E-state index in [-0.39, 0.29) is 17.9 Å². The molecule has 0 aliphatic rings. The number of methoxy groups -OCH3 is 1. The molecule has 0 aromatic heterocycles. The number of aliphatic hydroxyl groups is 2. The predicted octanol–water partition coefficient (Wildman–Crippen LogP) is 0.839. The van der Waals surface area contributed by atoms with Gasteiger partial charge in [-0.1, -0.05) is 0 Å². The first-order valence-electron chi connectivity index (χ1n) is 4.91. The van der Waals surface area contributed by atoms with Gasteiger partial charge in [-0.2, -0.15) is 0 Å². The van der Waals surface area contributed by atoms with Crippen LogP contribution in [0.3, 0.4) is 0 Å². The molecule has 94 valence electrons. The maximum absolute atomic E-state index is 11.0. The van der Waals surface area contributed by atoms with Crippen molar-refractivity contribution < 1.29 is 24.9 Å². The summed E-state index contributed by atoms with van der Waals surface area (Å²) in [4.78, 5) is 11.5. The standard InChI is InChI=1S/C11H14O5S/c1-16-8-2-3-9(11(14)15)10(4-8)17-6-7(13)5-12/h2-4,7,12-13H,5-6H2,1H3,(H,14,15). The van der Waals surface area contributed by atoms with Crippen LogP contribution in [0.15, 0.2) is 23.1 Å². The van der Waals surface area contributed by atoms with Crippen LogP contribution in [-0.4, -0.2) is 46.9 Å². The highest BCUT2D eigenvalue weighted by molar-refractivity contribution is 7.99. The van der Waals surface area contributed by atoms with E-state index in [1.165, 1.54) is 24.9 Å². The van der Waals surface area contributed by atoms with Crippen molar-refractivity contribution in [1.82, 2.24) is 0 Å². The highest BCUT2D eigenvalue weighted by Crippen LogP contribution is 2.27. The average Bonchev–Trinajstić information content (AvgIpc) is 2.35. The number of hydrogen-bond donors (Lipinski definition) is 3. The summed E-state index contributed by atoms with van der Waals surface area (Å²) in [5, 5.41) is 26.9. The molecule has 0 fully saturated rings. The number of aliphatic hydroxyl groups excluding tert-OH is 2. The minimum atomic E-state index is -1.03. The fourth-order valence-corrected chi connectivity index (χ4v) is 2.15. The van der Waals surface area contributed by atoms with E-state index in [0.29, 0.717) is 10.6 Å². The first kappa shape index (κ1) is 13.8. The van der Waals surface area contributed by atoms with Crippen molar-refractivity contribution in [3.05, 3.63) is 23.8 Å². The van der Waals surface area contributed by atoms with Crippen LogP contribution in [0, 0.1) is 0 Å². The van der Waals surface area contributed by atoms with Gasteiger partial charge >= 0.3 is 5.97 Å². The molecule has 0 bridgehead atoms. The highest BCUT2D eigenvalue weighted by atomic mass is 32.2. The van der Waals surface area contributed by atoms with Gasteiger partial charge in [0.1, 0.15) is 5.75 Å². The molecule has 0 saturated heterocycles. The van der Waals surface area contributed by atoms with Gasteiger partial charge < -0.3 is 20.1 Å². The van der Waals surface area contributed by atoms with Gasteiger partial charge in [0, 0.05) is 10.6 Å². The van der Waals surface area contributed by atoms with E-state index in [1.807, 2.05) is 0 Å². The van der Waals surface area contributed by atoms with Gasteiger partial charge in [0.2, 0.25) is 0 Å². The quantitative estimate of drug-likeness (QED) is 0.655. The first-order valence-corrected chi connectivity index (χ1v) is 5.90. The third kappa shape index (κ3) is 3.92. The molecule has 1 rings (SSSR count). The average molecular weight is 258 g/mol. The molecular weight excluding hydrogens is 244 g/mol. The van der Waals surface area contributed by atoms with E-state index < -0.39 is 12.1 Å². The topological polar surface area (TPSA) is 87.0 Å². The summed E-state index contributed by atoms with van der Waals surface area (Å²) in [5.74, 6) is -0.256.